The van der Waals surface area contributed by atoms with E-state index < -0.39 is 12.1 Å². The molecule has 43 heavy (non-hydrogen) atoms. The molecule has 7 rings (SSSR count). The van der Waals surface area contributed by atoms with Gasteiger partial charge >= 0.3 is 12.1 Å². The number of fused-ring (bicyclic) bond motifs is 3. The lowest BCUT2D eigenvalue weighted by Crippen LogP contribution is -2.21. The zero-order valence-corrected chi connectivity index (χ0v) is 23.6. The molecule has 1 N–H and O–H groups in total. The van der Waals surface area contributed by atoms with E-state index in [2.05, 4.69) is 133 Å². The van der Waals surface area contributed by atoms with Crippen LogP contribution in [0.5, 0.6) is 0 Å². The molecule has 6 aromatic rings. The first-order valence-electron chi connectivity index (χ1n) is 13.6. The van der Waals surface area contributed by atoms with Gasteiger partial charge in [-0.15, -0.1) is 11.3 Å². The Morgan fingerprint density at radius 1 is 0.605 bits per heavy atom. The van der Waals surface area contributed by atoms with Crippen molar-refractivity contribution in [3.8, 4) is 54.9 Å². The smallest absolute Gasteiger partial charge is 0.475 e. The van der Waals surface area contributed by atoms with E-state index >= 15 is 0 Å². The number of carboxylic acid groups (broad SMARTS) is 1. The van der Waals surface area contributed by atoms with Crippen molar-refractivity contribution < 1.29 is 23.1 Å². The van der Waals surface area contributed by atoms with Gasteiger partial charge in [-0.25, -0.2) is 4.79 Å². The molecule has 1 aromatic heterocycles. The van der Waals surface area contributed by atoms with E-state index in [0.717, 1.165) is 6.42 Å². The number of rotatable bonds is 4. The van der Waals surface area contributed by atoms with Crippen molar-refractivity contribution in [2.75, 3.05) is 0 Å². The van der Waals surface area contributed by atoms with Gasteiger partial charge in [0.25, 0.3) is 0 Å². The van der Waals surface area contributed by atoms with Crippen LogP contribution in [0, 0.1) is 0 Å². The van der Waals surface area contributed by atoms with Crippen LogP contribution in [-0.4, -0.2) is 17.3 Å². The zero-order chi connectivity index (χ0) is 30.0. The summed E-state index contributed by atoms with van der Waals surface area (Å²) >= 11 is 1.84. The summed E-state index contributed by atoms with van der Waals surface area (Å²) in [7, 11) is 0. The van der Waals surface area contributed by atoms with Crippen LogP contribution in [-0.2, 0) is 11.2 Å². The number of aliphatic carboxylic acids is 1. The van der Waals surface area contributed by atoms with Gasteiger partial charge in [0.15, 0.2) is 0 Å². The molecule has 0 fully saturated rings. The van der Waals surface area contributed by atoms with Crippen LogP contribution in [0.15, 0.2) is 133 Å². The monoisotopic (exact) mass is 590 g/mol. The fourth-order valence-corrected chi connectivity index (χ4v) is 6.50. The molecular formula is C37H25F3O2S. The summed E-state index contributed by atoms with van der Waals surface area (Å²) in [6, 6.07) is 46.3. The first kappa shape index (κ1) is 28.2. The fraction of sp³-hybridized carbons (Fsp3) is 0.0541. The molecule has 1 aliphatic carbocycles. The van der Waals surface area contributed by atoms with Gasteiger partial charge in [-0.2, -0.15) is 13.2 Å². The number of hydrogen-bond acceptors (Lipinski definition) is 2. The van der Waals surface area contributed by atoms with Crippen molar-refractivity contribution in [2.45, 2.75) is 12.6 Å². The van der Waals surface area contributed by atoms with Crippen LogP contribution >= 0.6 is 11.3 Å². The highest BCUT2D eigenvalue weighted by molar-refractivity contribution is 7.14. The SMILES string of the molecule is O=C(O)C(F)(F)F.c1ccc(-c2csc(-c3cc4c(c(-c5ccccc5)c3-c3ccccc3)Cc3ccccc3-4)c2)cc1. The molecule has 5 aromatic carbocycles. The molecule has 0 amide bonds. The maximum absolute atomic E-state index is 10.6. The first-order chi connectivity index (χ1) is 20.8. The molecule has 2 nitrogen and oxygen atoms in total. The number of carbonyl (C=O) groups is 1. The van der Waals surface area contributed by atoms with Crippen LogP contribution in [0.25, 0.3) is 54.9 Å². The Labute approximate surface area is 251 Å². The molecule has 0 bridgehead atoms. The molecule has 0 saturated heterocycles. The van der Waals surface area contributed by atoms with Crippen molar-refractivity contribution in [3.63, 3.8) is 0 Å². The van der Waals surface area contributed by atoms with Gasteiger partial charge in [0.2, 0.25) is 0 Å². The predicted molar refractivity (Wildman–Crippen MR) is 168 cm³/mol. The summed E-state index contributed by atoms with van der Waals surface area (Å²) in [6.07, 6.45) is -4.12. The van der Waals surface area contributed by atoms with Gasteiger partial charge < -0.3 is 5.11 Å². The topological polar surface area (TPSA) is 37.3 Å². The Balaban J connectivity index is 0.000000423. The molecule has 0 aliphatic heterocycles. The molecule has 1 heterocycles. The predicted octanol–water partition coefficient (Wildman–Crippen LogP) is 10.6. The fourth-order valence-electron chi connectivity index (χ4n) is 5.56. The summed E-state index contributed by atoms with van der Waals surface area (Å²) in [6.45, 7) is 0. The van der Waals surface area contributed by atoms with Crippen LogP contribution in [0.4, 0.5) is 13.2 Å². The quantitative estimate of drug-likeness (QED) is 0.221. The standard InChI is InChI=1S/C35H24S.C2HF3O2/c1-4-12-24(13-5-1)28-21-33(36-23-28)32-22-30-29-19-11-10-18-27(29)20-31(30)34(25-14-6-2-7-15-25)35(32)26-16-8-3-9-17-26;3-2(4,5)1(6)7/h1-19,21-23H,20H2;(H,6,7). The molecule has 0 unspecified atom stereocenters. The van der Waals surface area contributed by atoms with E-state index in [1.807, 2.05) is 11.3 Å². The number of benzene rings is 5. The summed E-state index contributed by atoms with van der Waals surface area (Å²) in [4.78, 5) is 10.2. The second-order valence-electron chi connectivity index (χ2n) is 10.1. The summed E-state index contributed by atoms with van der Waals surface area (Å²) in [5.41, 5.74) is 14.7. The van der Waals surface area contributed by atoms with Crippen molar-refractivity contribution in [2.24, 2.45) is 0 Å². The van der Waals surface area contributed by atoms with E-state index in [-0.39, 0.29) is 0 Å². The maximum Gasteiger partial charge on any atom is 0.490 e. The lowest BCUT2D eigenvalue weighted by molar-refractivity contribution is -0.192. The highest BCUT2D eigenvalue weighted by atomic mass is 32.1. The highest BCUT2D eigenvalue weighted by Crippen LogP contribution is 2.51. The number of thiophene rings is 1. The zero-order valence-electron chi connectivity index (χ0n) is 22.8. The van der Waals surface area contributed by atoms with Crippen molar-refractivity contribution in [1.82, 2.24) is 0 Å². The molecule has 0 radical (unpaired) electrons. The van der Waals surface area contributed by atoms with Gasteiger partial charge in [-0.3, -0.25) is 0 Å². The van der Waals surface area contributed by atoms with Crippen LogP contribution in [0.1, 0.15) is 11.1 Å². The van der Waals surface area contributed by atoms with E-state index in [9.17, 15) is 13.2 Å². The second-order valence-corrected chi connectivity index (χ2v) is 11.0. The Hall–Kier alpha value is -4.94. The minimum Gasteiger partial charge on any atom is -0.475 e. The van der Waals surface area contributed by atoms with Gasteiger partial charge in [0.1, 0.15) is 0 Å². The number of halogens is 3. The van der Waals surface area contributed by atoms with Crippen LogP contribution in [0.2, 0.25) is 0 Å². The first-order valence-corrected chi connectivity index (χ1v) is 14.5. The van der Waals surface area contributed by atoms with E-state index in [4.69, 9.17) is 9.90 Å². The third-order valence-corrected chi connectivity index (χ3v) is 8.41. The largest absolute Gasteiger partial charge is 0.490 e. The van der Waals surface area contributed by atoms with Gasteiger partial charge in [-0.1, -0.05) is 115 Å². The maximum atomic E-state index is 10.6. The van der Waals surface area contributed by atoms with E-state index in [0.29, 0.717) is 0 Å². The summed E-state index contributed by atoms with van der Waals surface area (Å²) < 4.78 is 31.7. The van der Waals surface area contributed by atoms with E-state index in [1.54, 1.807) is 0 Å². The molecule has 212 valence electrons. The van der Waals surface area contributed by atoms with Crippen molar-refractivity contribution in [3.05, 3.63) is 144 Å². The molecule has 6 heteroatoms. The Kier molecular flexibility index (Phi) is 7.70. The molecular weight excluding hydrogens is 565 g/mol. The average Bonchev–Trinajstić information content (AvgIpc) is 3.67. The molecule has 0 spiro atoms. The Morgan fingerprint density at radius 3 is 1.70 bits per heavy atom. The average molecular weight is 591 g/mol. The normalized spacial score (nSPS) is 11.7. The van der Waals surface area contributed by atoms with Crippen molar-refractivity contribution >= 4 is 17.3 Å². The van der Waals surface area contributed by atoms with Crippen LogP contribution in [0.3, 0.4) is 0 Å². The molecule has 0 saturated carbocycles. The third kappa shape index (κ3) is 5.74. The van der Waals surface area contributed by atoms with Gasteiger partial charge in [0.05, 0.1) is 0 Å². The Morgan fingerprint density at radius 2 is 1.12 bits per heavy atom. The lowest BCUT2D eigenvalue weighted by atomic mass is 9.84. The molecule has 0 atom stereocenters. The minimum absolute atomic E-state index is 0.968. The van der Waals surface area contributed by atoms with Gasteiger partial charge in [0, 0.05) is 10.4 Å². The number of carboxylic acids is 1. The third-order valence-electron chi connectivity index (χ3n) is 7.45. The lowest BCUT2D eigenvalue weighted by Gasteiger charge is -2.20. The summed E-state index contributed by atoms with van der Waals surface area (Å²) in [5, 5.41) is 9.42. The number of hydrogen-bond donors (Lipinski definition) is 1. The van der Waals surface area contributed by atoms with E-state index in [1.165, 1.54) is 66.1 Å². The highest BCUT2D eigenvalue weighted by Gasteiger charge is 2.38. The molecule has 1 aliphatic rings. The van der Waals surface area contributed by atoms with Crippen molar-refractivity contribution in [1.29, 1.82) is 0 Å². The minimum atomic E-state index is -5.08. The summed E-state index contributed by atoms with van der Waals surface area (Å²) in [5.74, 6) is -2.76. The van der Waals surface area contributed by atoms with Crippen LogP contribution < -0.4 is 0 Å². The Bertz CT molecular complexity index is 1890. The number of alkyl halides is 3. The second kappa shape index (κ2) is 11.7. The van der Waals surface area contributed by atoms with Gasteiger partial charge in [-0.05, 0) is 79.6 Å².